The first kappa shape index (κ1) is 13.7. The number of methoxy groups -OCH3 is 1. The van der Waals surface area contributed by atoms with Gasteiger partial charge in [-0.2, -0.15) is 0 Å². The van der Waals surface area contributed by atoms with E-state index < -0.39 is 0 Å². The lowest BCUT2D eigenvalue weighted by atomic mass is 10.5. The SMILES string of the molecule is COCc1nc(Cl)cc(NCCNC(C)=O)n1. The Balaban J connectivity index is 2.49. The first-order valence-corrected chi connectivity index (χ1v) is 5.50. The molecule has 0 unspecified atom stereocenters. The summed E-state index contributed by atoms with van der Waals surface area (Å²) in [6.45, 7) is 2.87. The molecule has 7 heteroatoms. The first-order valence-electron chi connectivity index (χ1n) is 5.12. The Kier molecular flexibility index (Phi) is 5.65. The van der Waals surface area contributed by atoms with Crippen LogP contribution in [0.3, 0.4) is 0 Å². The zero-order valence-electron chi connectivity index (χ0n) is 9.79. The van der Waals surface area contributed by atoms with E-state index in [4.69, 9.17) is 16.3 Å². The van der Waals surface area contributed by atoms with Gasteiger partial charge < -0.3 is 15.4 Å². The second-order valence-electron chi connectivity index (χ2n) is 3.33. The fourth-order valence-electron chi connectivity index (χ4n) is 1.18. The second kappa shape index (κ2) is 7.03. The number of halogens is 1. The molecule has 0 aliphatic rings. The summed E-state index contributed by atoms with van der Waals surface area (Å²) in [5.41, 5.74) is 0. The highest BCUT2D eigenvalue weighted by atomic mass is 35.5. The van der Waals surface area contributed by atoms with Crippen molar-refractivity contribution in [2.75, 3.05) is 25.5 Å². The molecule has 0 fully saturated rings. The van der Waals surface area contributed by atoms with Crippen molar-refractivity contribution < 1.29 is 9.53 Å². The van der Waals surface area contributed by atoms with E-state index in [1.807, 2.05) is 0 Å². The van der Waals surface area contributed by atoms with E-state index in [1.165, 1.54) is 6.92 Å². The molecule has 0 radical (unpaired) electrons. The van der Waals surface area contributed by atoms with E-state index in [2.05, 4.69) is 20.6 Å². The molecule has 0 atom stereocenters. The van der Waals surface area contributed by atoms with Crippen LogP contribution in [0.15, 0.2) is 6.07 Å². The molecule has 94 valence electrons. The van der Waals surface area contributed by atoms with Gasteiger partial charge >= 0.3 is 0 Å². The summed E-state index contributed by atoms with van der Waals surface area (Å²) in [6, 6.07) is 1.62. The molecule has 0 aliphatic carbocycles. The van der Waals surface area contributed by atoms with Gasteiger partial charge in [0.15, 0.2) is 5.82 Å². The number of carbonyl (C=O) groups excluding carboxylic acids is 1. The number of hydrogen-bond acceptors (Lipinski definition) is 5. The van der Waals surface area contributed by atoms with E-state index in [0.717, 1.165) is 0 Å². The normalized spacial score (nSPS) is 10.1. The van der Waals surface area contributed by atoms with E-state index in [-0.39, 0.29) is 5.91 Å². The Morgan fingerprint density at radius 2 is 2.24 bits per heavy atom. The van der Waals surface area contributed by atoms with Crippen LogP contribution in [-0.2, 0) is 16.1 Å². The highest BCUT2D eigenvalue weighted by molar-refractivity contribution is 6.29. The quantitative estimate of drug-likeness (QED) is 0.584. The number of aromatic nitrogens is 2. The Bertz CT molecular complexity index is 387. The van der Waals surface area contributed by atoms with E-state index >= 15 is 0 Å². The third-order valence-electron chi connectivity index (χ3n) is 1.82. The standard InChI is InChI=1S/C10H15ClN4O2/c1-7(16)12-3-4-13-9-5-8(11)14-10(15-9)6-17-2/h5H,3-4,6H2,1-2H3,(H,12,16)(H,13,14,15). The fraction of sp³-hybridized carbons (Fsp3) is 0.500. The van der Waals surface area contributed by atoms with Crippen molar-refractivity contribution in [1.29, 1.82) is 0 Å². The van der Waals surface area contributed by atoms with Crippen molar-refractivity contribution in [1.82, 2.24) is 15.3 Å². The van der Waals surface area contributed by atoms with Gasteiger partial charge in [-0.15, -0.1) is 0 Å². The topological polar surface area (TPSA) is 76.1 Å². The molecule has 0 aliphatic heterocycles. The van der Waals surface area contributed by atoms with Gasteiger partial charge in [0.05, 0.1) is 0 Å². The minimum atomic E-state index is -0.0624. The lowest BCUT2D eigenvalue weighted by Crippen LogP contribution is -2.26. The fourth-order valence-corrected chi connectivity index (χ4v) is 1.38. The predicted molar refractivity (Wildman–Crippen MR) is 64.9 cm³/mol. The number of rotatable bonds is 6. The minimum absolute atomic E-state index is 0.0624. The smallest absolute Gasteiger partial charge is 0.216 e. The molecule has 0 saturated carbocycles. The molecule has 1 amide bonds. The summed E-state index contributed by atoms with van der Waals surface area (Å²) in [7, 11) is 1.56. The third kappa shape index (κ3) is 5.46. The van der Waals surface area contributed by atoms with Gasteiger partial charge in [-0.3, -0.25) is 4.79 Å². The van der Waals surface area contributed by atoms with Crippen LogP contribution in [0.2, 0.25) is 5.15 Å². The lowest BCUT2D eigenvalue weighted by molar-refractivity contribution is -0.118. The van der Waals surface area contributed by atoms with E-state index in [1.54, 1.807) is 13.2 Å². The number of anilines is 1. The summed E-state index contributed by atoms with van der Waals surface area (Å²) < 4.78 is 4.93. The maximum absolute atomic E-state index is 10.6. The van der Waals surface area contributed by atoms with E-state index in [0.29, 0.717) is 36.5 Å². The third-order valence-corrected chi connectivity index (χ3v) is 2.01. The minimum Gasteiger partial charge on any atom is -0.377 e. The Labute approximate surface area is 105 Å². The van der Waals surface area contributed by atoms with Crippen LogP contribution in [0.1, 0.15) is 12.7 Å². The average Bonchev–Trinajstić information content (AvgIpc) is 2.24. The van der Waals surface area contributed by atoms with Crippen molar-refractivity contribution in [3.05, 3.63) is 17.0 Å². The van der Waals surface area contributed by atoms with Crippen molar-refractivity contribution >= 4 is 23.3 Å². The molecule has 1 rings (SSSR count). The van der Waals surface area contributed by atoms with Crippen LogP contribution >= 0.6 is 11.6 Å². The largest absolute Gasteiger partial charge is 0.377 e. The van der Waals surface area contributed by atoms with Crippen molar-refractivity contribution in [2.24, 2.45) is 0 Å². The Morgan fingerprint density at radius 1 is 1.47 bits per heavy atom. The molecule has 1 heterocycles. The van der Waals surface area contributed by atoms with Gasteiger partial charge in [0.1, 0.15) is 17.6 Å². The summed E-state index contributed by atoms with van der Waals surface area (Å²) in [4.78, 5) is 18.8. The monoisotopic (exact) mass is 258 g/mol. The number of amides is 1. The second-order valence-corrected chi connectivity index (χ2v) is 3.72. The summed E-state index contributed by atoms with van der Waals surface area (Å²) in [5, 5.41) is 6.06. The van der Waals surface area contributed by atoms with Crippen molar-refractivity contribution in [3.63, 3.8) is 0 Å². The van der Waals surface area contributed by atoms with Crippen LogP contribution in [0, 0.1) is 0 Å². The summed E-state index contributed by atoms with van der Waals surface area (Å²) >= 11 is 5.83. The Hall–Kier alpha value is -1.40. The molecule has 0 saturated heterocycles. The van der Waals surface area contributed by atoms with Gasteiger partial charge in [0, 0.05) is 33.2 Å². The Morgan fingerprint density at radius 3 is 2.88 bits per heavy atom. The summed E-state index contributed by atoms with van der Waals surface area (Å²) in [6.07, 6.45) is 0. The van der Waals surface area contributed by atoms with Crippen LogP contribution in [0.4, 0.5) is 5.82 Å². The van der Waals surface area contributed by atoms with Crippen LogP contribution in [-0.4, -0.2) is 36.1 Å². The molecule has 0 spiro atoms. The van der Waals surface area contributed by atoms with Gasteiger partial charge in [0.2, 0.25) is 5.91 Å². The lowest BCUT2D eigenvalue weighted by Gasteiger charge is -2.07. The van der Waals surface area contributed by atoms with Crippen LogP contribution < -0.4 is 10.6 Å². The highest BCUT2D eigenvalue weighted by Crippen LogP contribution is 2.11. The maximum atomic E-state index is 10.6. The molecule has 1 aromatic rings. The summed E-state index contributed by atoms with van der Waals surface area (Å²) in [5.74, 6) is 1.07. The van der Waals surface area contributed by atoms with E-state index in [9.17, 15) is 4.79 Å². The number of nitrogens with zero attached hydrogens (tertiary/aromatic N) is 2. The highest BCUT2D eigenvalue weighted by Gasteiger charge is 2.02. The van der Waals surface area contributed by atoms with Gasteiger partial charge in [-0.25, -0.2) is 9.97 Å². The van der Waals surface area contributed by atoms with Crippen molar-refractivity contribution in [2.45, 2.75) is 13.5 Å². The average molecular weight is 259 g/mol. The number of nitrogens with one attached hydrogen (secondary N) is 2. The maximum Gasteiger partial charge on any atom is 0.216 e. The molecule has 6 nitrogen and oxygen atoms in total. The zero-order chi connectivity index (χ0) is 12.7. The molecule has 1 aromatic heterocycles. The molecular formula is C10H15ClN4O2. The zero-order valence-corrected chi connectivity index (χ0v) is 10.5. The van der Waals surface area contributed by atoms with Gasteiger partial charge in [-0.1, -0.05) is 11.6 Å². The van der Waals surface area contributed by atoms with Crippen LogP contribution in [0.5, 0.6) is 0 Å². The molecule has 0 bridgehead atoms. The number of ether oxygens (including phenoxy) is 1. The molecule has 2 N–H and O–H groups in total. The first-order chi connectivity index (χ1) is 8.11. The van der Waals surface area contributed by atoms with Gasteiger partial charge in [0.25, 0.3) is 0 Å². The molecular weight excluding hydrogens is 244 g/mol. The molecule has 17 heavy (non-hydrogen) atoms. The number of carbonyl (C=O) groups is 1. The molecule has 0 aromatic carbocycles. The van der Waals surface area contributed by atoms with Gasteiger partial charge in [-0.05, 0) is 0 Å². The van der Waals surface area contributed by atoms with Crippen LogP contribution in [0.25, 0.3) is 0 Å². The van der Waals surface area contributed by atoms with Crippen molar-refractivity contribution in [3.8, 4) is 0 Å². The predicted octanol–water partition coefficient (Wildman–Crippen LogP) is 0.824. The number of hydrogen-bond donors (Lipinski definition) is 2.